The second kappa shape index (κ2) is 5.10. The van der Waals surface area contributed by atoms with Gasteiger partial charge in [0.2, 0.25) is 0 Å². The lowest BCUT2D eigenvalue weighted by molar-refractivity contribution is 0.0695. The normalized spacial score (nSPS) is 10.4. The molecule has 0 aliphatic carbocycles. The summed E-state index contributed by atoms with van der Waals surface area (Å²) in [7, 11) is 0. The fraction of sp³-hybridized carbons (Fsp3) is 0.231. The van der Waals surface area contributed by atoms with Gasteiger partial charge in [-0.25, -0.2) is 4.79 Å². The predicted molar refractivity (Wildman–Crippen MR) is 67.7 cm³/mol. The topological polar surface area (TPSA) is 50.2 Å². The molecule has 0 saturated heterocycles. The number of aromatic nitrogens is 1. The van der Waals surface area contributed by atoms with Gasteiger partial charge in [-0.3, -0.25) is 4.98 Å². The number of hydrogen-bond donors (Lipinski definition) is 1. The lowest BCUT2D eigenvalue weighted by Crippen LogP contribution is -2.04. The van der Waals surface area contributed by atoms with E-state index in [4.69, 9.17) is 5.11 Å². The molecule has 2 aromatic rings. The molecule has 0 saturated carbocycles. The molecule has 0 unspecified atom stereocenters. The van der Waals surface area contributed by atoms with Crippen LogP contribution in [-0.4, -0.2) is 16.1 Å². The van der Waals surface area contributed by atoms with E-state index in [1.165, 1.54) is 4.88 Å². The van der Waals surface area contributed by atoms with Crippen LogP contribution < -0.4 is 0 Å². The summed E-state index contributed by atoms with van der Waals surface area (Å²) in [6.45, 7) is 1.73. The third-order valence-corrected chi connectivity index (χ3v) is 3.52. The van der Waals surface area contributed by atoms with Crippen LogP contribution in [0.15, 0.2) is 29.6 Å². The minimum Gasteiger partial charge on any atom is -0.478 e. The quantitative estimate of drug-likeness (QED) is 0.903. The molecule has 2 aromatic heterocycles. The number of carboxylic acid groups (broad SMARTS) is 1. The summed E-state index contributed by atoms with van der Waals surface area (Å²) < 4.78 is 0. The highest BCUT2D eigenvalue weighted by Crippen LogP contribution is 2.13. The average Bonchev–Trinajstić information content (AvgIpc) is 2.78. The van der Waals surface area contributed by atoms with Crippen LogP contribution in [0.4, 0.5) is 0 Å². The van der Waals surface area contributed by atoms with Crippen molar-refractivity contribution in [2.24, 2.45) is 0 Å². The number of nitrogens with zero attached hydrogens (tertiary/aromatic N) is 1. The zero-order valence-corrected chi connectivity index (χ0v) is 10.3. The van der Waals surface area contributed by atoms with Gasteiger partial charge in [0, 0.05) is 10.6 Å². The lowest BCUT2D eigenvalue weighted by Gasteiger charge is -2.03. The van der Waals surface area contributed by atoms with Crippen LogP contribution in [0.1, 0.15) is 26.6 Å². The molecular weight excluding hydrogens is 234 g/mol. The molecule has 0 radical (unpaired) electrons. The van der Waals surface area contributed by atoms with Crippen molar-refractivity contribution in [3.8, 4) is 0 Å². The van der Waals surface area contributed by atoms with Crippen molar-refractivity contribution >= 4 is 17.3 Å². The van der Waals surface area contributed by atoms with Gasteiger partial charge in [0.15, 0.2) is 0 Å². The first-order valence-electron chi connectivity index (χ1n) is 5.39. The van der Waals surface area contributed by atoms with E-state index >= 15 is 0 Å². The maximum atomic E-state index is 10.8. The Morgan fingerprint density at radius 2 is 2.18 bits per heavy atom. The summed E-state index contributed by atoms with van der Waals surface area (Å²) >= 11 is 1.73. The standard InChI is InChI=1S/C13H13NO2S/c1-9-12(13(15)16)7-5-10(14-9)4-6-11-3-2-8-17-11/h2-3,5,7-8H,4,6H2,1H3,(H,15,16). The number of pyridine rings is 1. The molecule has 88 valence electrons. The number of carbonyl (C=O) groups is 1. The van der Waals surface area contributed by atoms with E-state index in [2.05, 4.69) is 16.4 Å². The van der Waals surface area contributed by atoms with Crippen molar-refractivity contribution in [3.63, 3.8) is 0 Å². The van der Waals surface area contributed by atoms with Gasteiger partial charge in [-0.1, -0.05) is 6.07 Å². The Balaban J connectivity index is 2.07. The highest BCUT2D eigenvalue weighted by Gasteiger charge is 2.08. The first-order chi connectivity index (χ1) is 8.16. The maximum absolute atomic E-state index is 10.8. The monoisotopic (exact) mass is 247 g/mol. The second-order valence-corrected chi connectivity index (χ2v) is 4.85. The Bertz CT molecular complexity index is 520. The van der Waals surface area contributed by atoms with Crippen molar-refractivity contribution in [1.29, 1.82) is 0 Å². The van der Waals surface area contributed by atoms with Crippen LogP contribution in [0, 0.1) is 6.92 Å². The molecule has 3 nitrogen and oxygen atoms in total. The molecule has 0 aromatic carbocycles. The third kappa shape index (κ3) is 2.91. The summed E-state index contributed by atoms with van der Waals surface area (Å²) in [4.78, 5) is 16.5. The molecule has 0 aliphatic heterocycles. The summed E-state index contributed by atoms with van der Waals surface area (Å²) in [5, 5.41) is 11.0. The van der Waals surface area contributed by atoms with Gasteiger partial charge in [-0.05, 0) is 43.3 Å². The van der Waals surface area contributed by atoms with E-state index in [0.29, 0.717) is 5.69 Å². The average molecular weight is 247 g/mol. The number of hydrogen-bond acceptors (Lipinski definition) is 3. The molecule has 0 amide bonds. The van der Waals surface area contributed by atoms with Gasteiger partial charge in [-0.15, -0.1) is 11.3 Å². The van der Waals surface area contributed by atoms with Gasteiger partial charge in [-0.2, -0.15) is 0 Å². The van der Waals surface area contributed by atoms with Crippen molar-refractivity contribution in [2.75, 3.05) is 0 Å². The Morgan fingerprint density at radius 1 is 1.35 bits per heavy atom. The van der Waals surface area contributed by atoms with Gasteiger partial charge >= 0.3 is 5.97 Å². The zero-order valence-electron chi connectivity index (χ0n) is 9.51. The molecule has 0 aliphatic rings. The van der Waals surface area contributed by atoms with Crippen molar-refractivity contribution in [3.05, 3.63) is 51.5 Å². The number of aryl methyl sites for hydroxylation is 3. The summed E-state index contributed by atoms with van der Waals surface area (Å²) in [6, 6.07) is 7.56. The molecule has 2 heterocycles. The molecular formula is C13H13NO2S. The van der Waals surface area contributed by atoms with E-state index in [9.17, 15) is 4.79 Å². The smallest absolute Gasteiger partial charge is 0.337 e. The molecule has 2 rings (SSSR count). The van der Waals surface area contributed by atoms with Crippen LogP contribution in [0.2, 0.25) is 0 Å². The summed E-state index contributed by atoms with van der Waals surface area (Å²) in [5.41, 5.74) is 1.81. The summed E-state index contributed by atoms with van der Waals surface area (Å²) in [6.07, 6.45) is 1.80. The number of carboxylic acids is 1. The predicted octanol–water partition coefficient (Wildman–Crippen LogP) is 2.93. The Labute approximate surface area is 104 Å². The Kier molecular flexibility index (Phi) is 3.54. The van der Waals surface area contributed by atoms with Crippen LogP contribution in [0.3, 0.4) is 0 Å². The second-order valence-electron chi connectivity index (χ2n) is 3.82. The van der Waals surface area contributed by atoms with Crippen LogP contribution in [0.5, 0.6) is 0 Å². The number of thiophene rings is 1. The van der Waals surface area contributed by atoms with Gasteiger partial charge < -0.3 is 5.11 Å². The van der Waals surface area contributed by atoms with Crippen LogP contribution in [0.25, 0.3) is 0 Å². The van der Waals surface area contributed by atoms with Crippen LogP contribution in [-0.2, 0) is 12.8 Å². The maximum Gasteiger partial charge on any atom is 0.337 e. The molecule has 0 atom stereocenters. The Hall–Kier alpha value is -1.68. The van der Waals surface area contributed by atoms with Crippen LogP contribution >= 0.6 is 11.3 Å². The summed E-state index contributed by atoms with van der Waals surface area (Å²) in [5.74, 6) is -0.917. The Morgan fingerprint density at radius 3 is 2.76 bits per heavy atom. The zero-order chi connectivity index (χ0) is 12.3. The fourth-order valence-corrected chi connectivity index (χ4v) is 2.39. The van der Waals surface area contributed by atoms with Crippen molar-refractivity contribution in [2.45, 2.75) is 19.8 Å². The number of rotatable bonds is 4. The third-order valence-electron chi connectivity index (χ3n) is 2.58. The highest BCUT2D eigenvalue weighted by molar-refractivity contribution is 7.09. The molecule has 0 bridgehead atoms. The minimum absolute atomic E-state index is 0.282. The van der Waals surface area contributed by atoms with Gasteiger partial charge in [0.05, 0.1) is 11.3 Å². The van der Waals surface area contributed by atoms with E-state index in [1.807, 2.05) is 6.07 Å². The molecule has 1 N–H and O–H groups in total. The molecule has 4 heteroatoms. The van der Waals surface area contributed by atoms with E-state index in [1.54, 1.807) is 30.4 Å². The van der Waals surface area contributed by atoms with E-state index in [-0.39, 0.29) is 5.56 Å². The lowest BCUT2D eigenvalue weighted by atomic mass is 10.1. The van der Waals surface area contributed by atoms with E-state index in [0.717, 1.165) is 18.5 Å². The highest BCUT2D eigenvalue weighted by atomic mass is 32.1. The minimum atomic E-state index is -0.917. The largest absolute Gasteiger partial charge is 0.478 e. The van der Waals surface area contributed by atoms with Gasteiger partial charge in [0.1, 0.15) is 0 Å². The van der Waals surface area contributed by atoms with Gasteiger partial charge in [0.25, 0.3) is 0 Å². The molecule has 0 spiro atoms. The van der Waals surface area contributed by atoms with Crippen molar-refractivity contribution < 1.29 is 9.90 Å². The SMILES string of the molecule is Cc1nc(CCc2cccs2)ccc1C(=O)O. The number of aromatic carboxylic acids is 1. The first kappa shape index (κ1) is 11.8. The molecule has 0 fully saturated rings. The first-order valence-corrected chi connectivity index (χ1v) is 6.27. The van der Waals surface area contributed by atoms with Crippen molar-refractivity contribution in [1.82, 2.24) is 4.98 Å². The van der Waals surface area contributed by atoms with E-state index < -0.39 is 5.97 Å². The fourth-order valence-electron chi connectivity index (χ4n) is 1.68. The molecule has 17 heavy (non-hydrogen) atoms.